The van der Waals surface area contributed by atoms with Gasteiger partial charge in [0.1, 0.15) is 0 Å². The Balaban J connectivity index is 0.000000172. The molecule has 1 aliphatic rings. The van der Waals surface area contributed by atoms with Crippen LogP contribution in [0.15, 0.2) is 0 Å². The Hall–Kier alpha value is 1.84. The Labute approximate surface area is 84.2 Å². The van der Waals surface area contributed by atoms with Gasteiger partial charge in [0.25, 0.3) is 0 Å². The van der Waals surface area contributed by atoms with Gasteiger partial charge in [-0.1, -0.05) is 0 Å². The van der Waals surface area contributed by atoms with Crippen molar-refractivity contribution in [1.29, 1.82) is 0 Å². The van der Waals surface area contributed by atoms with Crippen LogP contribution in [0.2, 0.25) is 0 Å². The second-order valence-corrected chi connectivity index (χ2v) is 18.4. The Bertz CT molecular complexity index is 82.2. The van der Waals surface area contributed by atoms with E-state index >= 15 is 0 Å². The van der Waals surface area contributed by atoms with Crippen molar-refractivity contribution >= 4 is 59.6 Å². The van der Waals surface area contributed by atoms with Gasteiger partial charge in [0.05, 0.1) is 0 Å². The van der Waals surface area contributed by atoms with E-state index in [-0.39, 0.29) is 0 Å². The summed E-state index contributed by atoms with van der Waals surface area (Å²) in [4.78, 5) is 0. The molecule has 1 saturated heterocycles. The first-order valence-corrected chi connectivity index (χ1v) is 9.31. The standard InChI is InChI=1S/C3H7N.Cl5P/c1-2-4-3-1;1-6(2,3,4)5/h4H,1-3H2;. The molecule has 0 spiro atoms. The van der Waals surface area contributed by atoms with Gasteiger partial charge in [-0.2, -0.15) is 0 Å². The summed E-state index contributed by atoms with van der Waals surface area (Å²) in [5.74, 6) is 0. The molecule has 1 aliphatic heterocycles. The Morgan fingerprint density at radius 2 is 1.00 bits per heavy atom. The molecule has 0 amide bonds. The Morgan fingerprint density at radius 1 is 0.900 bits per heavy atom. The van der Waals surface area contributed by atoms with Crippen LogP contribution in [0.1, 0.15) is 6.42 Å². The fourth-order valence-corrected chi connectivity index (χ4v) is 0.177. The molecule has 7 heteroatoms. The molecule has 0 bridgehead atoms. The molecule has 1 heterocycles. The molecule has 1 fully saturated rings. The fraction of sp³-hybridized carbons (Fsp3) is 1.00. The van der Waals surface area contributed by atoms with Gasteiger partial charge < -0.3 is 5.32 Å². The maximum atomic E-state index is 4.98. The van der Waals surface area contributed by atoms with Crippen LogP contribution >= 0.6 is 59.6 Å². The van der Waals surface area contributed by atoms with E-state index in [1.165, 1.54) is 19.5 Å². The van der Waals surface area contributed by atoms with Crippen molar-refractivity contribution in [3.8, 4) is 0 Å². The van der Waals surface area contributed by atoms with Crippen LogP contribution in [0.25, 0.3) is 0 Å². The van der Waals surface area contributed by atoms with Crippen LogP contribution < -0.4 is 5.32 Å². The molecule has 0 saturated carbocycles. The fourth-order valence-electron chi connectivity index (χ4n) is 0.177. The number of rotatable bonds is 0. The van der Waals surface area contributed by atoms with Gasteiger partial charge in [-0.25, -0.2) is 0 Å². The van der Waals surface area contributed by atoms with E-state index in [0.717, 1.165) is 0 Å². The molecule has 0 unspecified atom stereocenters. The quantitative estimate of drug-likeness (QED) is 0.644. The van der Waals surface area contributed by atoms with Crippen molar-refractivity contribution in [3.05, 3.63) is 0 Å². The summed E-state index contributed by atoms with van der Waals surface area (Å²) in [6, 6.07) is 0. The van der Waals surface area contributed by atoms with Gasteiger partial charge in [-0.15, -0.1) is 0 Å². The van der Waals surface area contributed by atoms with Crippen LogP contribution in [0.4, 0.5) is 0 Å². The predicted molar refractivity (Wildman–Crippen MR) is 53.7 cm³/mol. The van der Waals surface area contributed by atoms with Crippen LogP contribution in [-0.2, 0) is 0 Å². The summed E-state index contributed by atoms with van der Waals surface area (Å²) in [5.41, 5.74) is 0. The van der Waals surface area contributed by atoms with Crippen LogP contribution in [-0.4, -0.2) is 13.1 Å². The topological polar surface area (TPSA) is 12.0 Å². The number of nitrogens with one attached hydrogen (secondary N) is 1. The van der Waals surface area contributed by atoms with Gasteiger partial charge in [-0.3, -0.25) is 0 Å². The summed E-state index contributed by atoms with van der Waals surface area (Å²) in [5, 5.41) is 3.11. The van der Waals surface area contributed by atoms with Gasteiger partial charge in [-0.05, 0) is 19.5 Å². The van der Waals surface area contributed by atoms with Gasteiger partial charge in [0.15, 0.2) is 0 Å². The van der Waals surface area contributed by atoms with E-state index in [0.29, 0.717) is 0 Å². The molecule has 10 heavy (non-hydrogen) atoms. The molecule has 1 nitrogen and oxygen atoms in total. The third-order valence-electron chi connectivity index (χ3n) is 0.707. The molecule has 0 aliphatic carbocycles. The van der Waals surface area contributed by atoms with E-state index in [1.807, 2.05) is 0 Å². The average molecular weight is 265 g/mol. The van der Waals surface area contributed by atoms with Crippen molar-refractivity contribution in [2.75, 3.05) is 13.1 Å². The summed E-state index contributed by atoms with van der Waals surface area (Å²) in [6.45, 7) is 2.50. The number of hydrogen-bond acceptors (Lipinski definition) is 1. The summed E-state index contributed by atoms with van der Waals surface area (Å²) in [6.07, 6.45) is 1.39. The average Bonchev–Trinajstić information content (AvgIpc) is 1.07. The summed E-state index contributed by atoms with van der Waals surface area (Å²) >= 11 is 24.9. The second kappa shape index (κ2) is 4.18. The molecule has 1 rings (SSSR count). The molecule has 64 valence electrons. The van der Waals surface area contributed by atoms with Crippen molar-refractivity contribution in [2.24, 2.45) is 0 Å². The first-order valence-electron chi connectivity index (χ1n) is 2.55. The number of hydrogen-bond donors (Lipinski definition) is 1. The van der Waals surface area contributed by atoms with Gasteiger partial charge >= 0.3 is 59.6 Å². The van der Waals surface area contributed by atoms with E-state index < -0.39 is 3.37 Å². The van der Waals surface area contributed by atoms with E-state index in [4.69, 9.17) is 56.2 Å². The van der Waals surface area contributed by atoms with Crippen LogP contribution in [0.3, 0.4) is 0 Å². The van der Waals surface area contributed by atoms with E-state index in [1.54, 1.807) is 0 Å². The molecule has 1 N–H and O–H groups in total. The SMILES string of the molecule is C1CNC1.ClP(Cl)(Cl)(Cl)Cl. The third-order valence-corrected chi connectivity index (χ3v) is 0.707. The summed E-state index contributed by atoms with van der Waals surface area (Å²) in [7, 11) is 0. The molecule has 0 radical (unpaired) electrons. The zero-order chi connectivity index (χ0) is 8.28. The zero-order valence-electron chi connectivity index (χ0n) is 4.96. The monoisotopic (exact) mass is 263 g/mol. The molecule has 0 atom stereocenters. The van der Waals surface area contributed by atoms with Crippen LogP contribution in [0.5, 0.6) is 0 Å². The van der Waals surface area contributed by atoms with Crippen molar-refractivity contribution in [3.63, 3.8) is 0 Å². The predicted octanol–water partition coefficient (Wildman–Crippen LogP) is 4.29. The summed E-state index contributed by atoms with van der Waals surface area (Å²) < 4.78 is -3.69. The van der Waals surface area contributed by atoms with Crippen molar-refractivity contribution < 1.29 is 0 Å². The Morgan fingerprint density at radius 3 is 1.00 bits per heavy atom. The van der Waals surface area contributed by atoms with E-state index in [9.17, 15) is 0 Å². The van der Waals surface area contributed by atoms with Crippen molar-refractivity contribution in [2.45, 2.75) is 6.42 Å². The van der Waals surface area contributed by atoms with Gasteiger partial charge in [0.2, 0.25) is 0 Å². The number of halogens is 5. The third kappa shape index (κ3) is 22.5. The minimum atomic E-state index is -3.69. The molecule has 0 aromatic heterocycles. The second-order valence-electron chi connectivity index (χ2n) is 1.74. The maximum absolute atomic E-state index is 4.98. The Kier molecular flexibility index (Phi) is 4.95. The first kappa shape index (κ1) is 11.8. The molecule has 0 aromatic carbocycles. The minimum absolute atomic E-state index is 1.25. The first-order chi connectivity index (χ1) is 4.24. The van der Waals surface area contributed by atoms with Crippen molar-refractivity contribution in [1.82, 2.24) is 5.32 Å². The van der Waals surface area contributed by atoms with Crippen LogP contribution in [0, 0.1) is 0 Å². The normalized spacial score (nSPS) is 21.1. The molecular formula is C3H7Cl5NP. The van der Waals surface area contributed by atoms with E-state index in [2.05, 4.69) is 5.32 Å². The zero-order valence-corrected chi connectivity index (χ0v) is 9.63. The molecule has 0 aromatic rings. The molecular weight excluding hydrogens is 258 g/mol. The van der Waals surface area contributed by atoms with Gasteiger partial charge in [0, 0.05) is 0 Å².